The maximum absolute atomic E-state index is 11.8. The maximum atomic E-state index is 11.8. The van der Waals surface area contributed by atoms with E-state index in [1.807, 2.05) is 0 Å². The van der Waals surface area contributed by atoms with Crippen molar-refractivity contribution in [2.75, 3.05) is 6.61 Å². The summed E-state index contributed by atoms with van der Waals surface area (Å²) in [7, 11) is -16.7. The van der Waals surface area contributed by atoms with Gasteiger partial charge in [-0.2, -0.15) is 13.6 Å². The third-order valence-corrected chi connectivity index (χ3v) is 7.69. The fraction of sp³-hybridized carbons (Fsp3) is 0.600. The number of aliphatic hydroxyl groups is 2. The summed E-state index contributed by atoms with van der Waals surface area (Å²) in [6, 6.07) is -1.06. The average Bonchev–Trinajstić information content (AvgIpc) is 3.13. The Kier molecular flexibility index (Phi) is 8.91. The predicted octanol–water partition coefficient (Wildman–Crippen LogP) is -2.92. The molecule has 1 fully saturated rings. The fourth-order valence-electron chi connectivity index (χ4n) is 2.70. The molecule has 3 rings (SSSR count). The summed E-state index contributed by atoms with van der Waals surface area (Å²) >= 11 is 0. The van der Waals surface area contributed by atoms with Crippen molar-refractivity contribution in [2.24, 2.45) is 15.0 Å². The minimum atomic E-state index is -5.72. The molecule has 175 valence electrons. The van der Waals surface area contributed by atoms with Gasteiger partial charge < -0.3 is 34.5 Å². The van der Waals surface area contributed by atoms with Crippen LogP contribution in [0.1, 0.15) is 0 Å². The first-order valence-corrected chi connectivity index (χ1v) is 12.5. The van der Waals surface area contributed by atoms with Crippen molar-refractivity contribution in [3.05, 3.63) is 0 Å². The number of phosphoric acid groups is 3. The number of rotatable bonds is 8. The summed E-state index contributed by atoms with van der Waals surface area (Å²) in [5, 5.41) is 20.3. The summed E-state index contributed by atoms with van der Waals surface area (Å²) in [5.41, 5.74) is 0. The van der Waals surface area contributed by atoms with E-state index >= 15 is 0 Å². The summed E-state index contributed by atoms with van der Waals surface area (Å²) in [5.74, 6) is -0.578. The number of aliphatic imine (C=N–C) groups is 3. The molecule has 0 aromatic rings. The molecule has 7 atom stereocenters. The molecule has 3 unspecified atom stereocenters. The Balaban J connectivity index is 0.00000363. The number of fused-ring (bicyclic) bond motifs is 1. The van der Waals surface area contributed by atoms with E-state index in [0.29, 0.717) is 0 Å². The third kappa shape index (κ3) is 6.67. The minimum absolute atomic E-state index is 0. The molecule has 22 heteroatoms. The molecule has 32 heavy (non-hydrogen) atoms. The number of phosphoric ester groups is 1. The van der Waals surface area contributed by atoms with Gasteiger partial charge in [-0.1, -0.05) is 0 Å². The van der Waals surface area contributed by atoms with E-state index in [4.69, 9.17) is 19.4 Å². The Labute approximate surface area is 200 Å². The molecule has 0 bridgehead atoms. The molecule has 6 N–H and O–H groups in total. The molecule has 3 aliphatic heterocycles. The zero-order valence-corrected chi connectivity index (χ0v) is 20.5. The third-order valence-electron chi connectivity index (χ3n) is 3.89. The van der Waals surface area contributed by atoms with Crippen LogP contribution >= 0.6 is 23.5 Å². The fourth-order valence-corrected chi connectivity index (χ4v) is 5.73. The summed E-state index contributed by atoms with van der Waals surface area (Å²) in [6.45, 7) is -0.986. The normalized spacial score (nSPS) is 33.3. The molecule has 3 heterocycles. The van der Waals surface area contributed by atoms with Crippen molar-refractivity contribution in [3.63, 3.8) is 0 Å². The quantitative estimate of drug-likeness (QED) is 0.135. The zero-order chi connectivity index (χ0) is 23.2. The number of carbonyl (C=O) groups is 1. The second kappa shape index (κ2) is 10.2. The largest absolute Gasteiger partial charge is 0.490 e. The summed E-state index contributed by atoms with van der Waals surface area (Å²) in [6.07, 6.45) is -4.13. The Morgan fingerprint density at radius 1 is 1.06 bits per heavy atom. The number of amides is 1. The van der Waals surface area contributed by atoms with Gasteiger partial charge in [0.25, 0.3) is 5.91 Å². The second-order valence-corrected chi connectivity index (χ2v) is 10.5. The van der Waals surface area contributed by atoms with Crippen molar-refractivity contribution >= 4 is 77.4 Å². The molecule has 0 spiro atoms. The smallest absolute Gasteiger partial charge is 0.387 e. The first kappa shape index (κ1) is 28.0. The Morgan fingerprint density at radius 3 is 2.34 bits per heavy atom. The monoisotopic (exact) mass is 531 g/mol. The van der Waals surface area contributed by atoms with Gasteiger partial charge in [0.2, 0.25) is 0 Å². The molecule has 1 amide bonds. The van der Waals surface area contributed by atoms with Crippen LogP contribution in [0, 0.1) is 0 Å². The van der Waals surface area contributed by atoms with Crippen LogP contribution in [0.2, 0.25) is 0 Å². The topological polar surface area (TPSA) is 267 Å². The first-order valence-electron chi connectivity index (χ1n) is 7.95. The number of hydrogen-bond donors (Lipinski definition) is 6. The van der Waals surface area contributed by atoms with Gasteiger partial charge in [0.1, 0.15) is 30.5 Å². The molecular weight excluding hydrogens is 516 g/mol. The van der Waals surface area contributed by atoms with E-state index in [-0.39, 0.29) is 35.4 Å². The van der Waals surface area contributed by atoms with Crippen LogP contribution in [0.4, 0.5) is 0 Å². The average molecular weight is 531 g/mol. The van der Waals surface area contributed by atoms with E-state index in [2.05, 4.69) is 28.1 Å². The molecule has 0 aliphatic carbocycles. The molecule has 0 aromatic heterocycles. The van der Waals surface area contributed by atoms with Crippen LogP contribution in [0.3, 0.4) is 0 Å². The van der Waals surface area contributed by atoms with Crippen LogP contribution in [0.5, 0.6) is 0 Å². The van der Waals surface area contributed by atoms with Gasteiger partial charge in [-0.25, -0.2) is 18.7 Å². The van der Waals surface area contributed by atoms with E-state index < -0.39 is 66.6 Å². The van der Waals surface area contributed by atoms with Gasteiger partial charge in [-0.3, -0.25) is 19.2 Å². The number of amidine groups is 1. The van der Waals surface area contributed by atoms with E-state index in [9.17, 15) is 33.6 Å². The van der Waals surface area contributed by atoms with Gasteiger partial charge >= 0.3 is 23.5 Å². The number of carbonyl (C=O) groups excluding carboxylic acids is 1. The van der Waals surface area contributed by atoms with E-state index in [1.54, 1.807) is 0 Å². The van der Waals surface area contributed by atoms with Gasteiger partial charge in [0, 0.05) is 29.6 Å². The molecule has 3 aliphatic rings. The van der Waals surface area contributed by atoms with Crippen molar-refractivity contribution in [1.29, 1.82) is 0 Å². The van der Waals surface area contributed by atoms with Crippen LogP contribution in [-0.4, -0.2) is 126 Å². The first-order chi connectivity index (χ1) is 14.2. The molecule has 0 saturated carbocycles. The van der Waals surface area contributed by atoms with Crippen molar-refractivity contribution < 1.29 is 66.2 Å². The number of nitrogens with zero attached hydrogens (tertiary/aromatic N) is 4. The van der Waals surface area contributed by atoms with Crippen molar-refractivity contribution in [1.82, 2.24) is 4.90 Å². The molecule has 18 nitrogen and oxygen atoms in total. The second-order valence-electron chi connectivity index (χ2n) is 6.08. The Bertz CT molecular complexity index is 984. The van der Waals surface area contributed by atoms with Crippen LogP contribution in [0.25, 0.3) is 0 Å². The van der Waals surface area contributed by atoms with Crippen molar-refractivity contribution in [3.8, 4) is 0 Å². The molecule has 0 aromatic carbocycles. The van der Waals surface area contributed by atoms with Crippen LogP contribution in [0.15, 0.2) is 15.0 Å². The summed E-state index contributed by atoms with van der Waals surface area (Å²) < 4.78 is 50.5. The van der Waals surface area contributed by atoms with Gasteiger partial charge in [-0.15, -0.1) is 0 Å². The van der Waals surface area contributed by atoms with E-state index in [0.717, 1.165) is 17.6 Å². The Morgan fingerprint density at radius 2 is 1.72 bits per heavy atom. The van der Waals surface area contributed by atoms with E-state index in [1.165, 1.54) is 0 Å². The standard InChI is InChI=1S/C10H15N4O14P3.Na/c15-6-4(1-25-30(21,22)28-31(23,24)27-29(18,19)20)26-10(7(6)16)14-3-13-5-8(14)11-2-12-9(5)17;/h2-7,10,15-16H,1H2,(H,21,22)(H,23,24)(H2,18,19,20);/t4-,5?,6-,7-,10-;/m1./s1. The van der Waals surface area contributed by atoms with Gasteiger partial charge in [0.05, 0.1) is 12.9 Å². The van der Waals surface area contributed by atoms with Crippen molar-refractivity contribution in [2.45, 2.75) is 30.6 Å². The number of hydrogen-bond acceptors (Lipinski definition) is 13. The van der Waals surface area contributed by atoms with Crippen LogP contribution < -0.4 is 0 Å². The number of aliphatic hydroxyl groups excluding tert-OH is 2. The summed E-state index contributed by atoms with van der Waals surface area (Å²) in [4.78, 5) is 59.5. The molecular formula is C10H15N4NaO14P3. The van der Waals surface area contributed by atoms with Crippen LogP contribution in [-0.2, 0) is 36.4 Å². The predicted molar refractivity (Wildman–Crippen MR) is 101 cm³/mol. The molecule has 1 radical (unpaired) electrons. The number of ether oxygens (including phenoxy) is 1. The minimum Gasteiger partial charge on any atom is -0.387 e. The van der Waals surface area contributed by atoms with Gasteiger partial charge in [0.15, 0.2) is 12.3 Å². The SMILES string of the molecule is O=C1N=CN=C2C1N=CN2[C@@H]1O[C@H](COP(=O)(O)OP(=O)(O)OP(=O)(O)O)[C@@H](O)[C@H]1O.[Na]. The zero-order valence-electron chi connectivity index (χ0n) is 15.8. The maximum Gasteiger partial charge on any atom is 0.490 e. The van der Waals surface area contributed by atoms with Gasteiger partial charge in [-0.05, 0) is 0 Å². The molecule has 1 saturated heterocycles. The Hall–Kier alpha value is -0.230.